The molecular formula is C16H19NO3. The molecule has 1 N–H and O–H groups in total. The van der Waals surface area contributed by atoms with Crippen LogP contribution in [0.5, 0.6) is 0 Å². The largest absolute Gasteiger partial charge is 0.387 e. The van der Waals surface area contributed by atoms with Gasteiger partial charge in [0.25, 0.3) is 0 Å². The number of aliphatic hydroxyl groups excluding tert-OH is 1. The molecule has 1 aliphatic heterocycles. The van der Waals surface area contributed by atoms with Gasteiger partial charge in [0, 0.05) is 0 Å². The lowest BCUT2D eigenvalue weighted by molar-refractivity contribution is -0.141. The van der Waals surface area contributed by atoms with E-state index in [1.807, 2.05) is 30.3 Å². The number of carbonyl (C=O) groups excluding carboxylic acids is 2. The zero-order valence-corrected chi connectivity index (χ0v) is 11.4. The van der Waals surface area contributed by atoms with Gasteiger partial charge in [0.05, 0.1) is 24.5 Å². The van der Waals surface area contributed by atoms with Gasteiger partial charge >= 0.3 is 0 Å². The Balaban J connectivity index is 1.74. The highest BCUT2D eigenvalue weighted by Gasteiger charge is 2.48. The summed E-state index contributed by atoms with van der Waals surface area (Å²) in [5, 5.41) is 10.2. The van der Waals surface area contributed by atoms with Crippen molar-refractivity contribution in [2.75, 3.05) is 6.54 Å². The molecule has 1 heterocycles. The molecule has 4 nitrogen and oxygen atoms in total. The Morgan fingerprint density at radius 1 is 1.05 bits per heavy atom. The molecule has 2 aliphatic rings. The zero-order valence-electron chi connectivity index (χ0n) is 11.4. The summed E-state index contributed by atoms with van der Waals surface area (Å²) in [4.78, 5) is 25.9. The summed E-state index contributed by atoms with van der Waals surface area (Å²) in [6, 6.07) is 9.17. The zero-order chi connectivity index (χ0) is 14.1. The number of benzene rings is 1. The van der Waals surface area contributed by atoms with E-state index in [4.69, 9.17) is 0 Å². The first-order valence-corrected chi connectivity index (χ1v) is 7.26. The van der Waals surface area contributed by atoms with Crippen LogP contribution in [0.25, 0.3) is 0 Å². The van der Waals surface area contributed by atoms with E-state index in [0.717, 1.165) is 31.2 Å². The van der Waals surface area contributed by atoms with Gasteiger partial charge in [-0.3, -0.25) is 14.5 Å². The smallest absolute Gasteiger partial charge is 0.233 e. The summed E-state index contributed by atoms with van der Waals surface area (Å²) in [7, 11) is 0. The number of amides is 2. The topological polar surface area (TPSA) is 57.6 Å². The van der Waals surface area contributed by atoms with Gasteiger partial charge < -0.3 is 5.11 Å². The van der Waals surface area contributed by atoms with Crippen molar-refractivity contribution >= 4 is 11.8 Å². The van der Waals surface area contributed by atoms with E-state index in [2.05, 4.69) is 0 Å². The van der Waals surface area contributed by atoms with Crippen LogP contribution in [-0.4, -0.2) is 28.4 Å². The van der Waals surface area contributed by atoms with Crippen LogP contribution in [0.15, 0.2) is 30.3 Å². The van der Waals surface area contributed by atoms with Gasteiger partial charge in [0.2, 0.25) is 11.8 Å². The molecule has 1 aromatic rings. The molecule has 4 heteroatoms. The van der Waals surface area contributed by atoms with E-state index in [9.17, 15) is 14.7 Å². The molecule has 0 aromatic heterocycles. The molecule has 106 valence electrons. The number of imide groups is 1. The molecule has 1 saturated heterocycles. The van der Waals surface area contributed by atoms with Crippen LogP contribution in [0.1, 0.15) is 37.4 Å². The van der Waals surface area contributed by atoms with Crippen LogP contribution in [0.3, 0.4) is 0 Å². The maximum absolute atomic E-state index is 12.3. The number of rotatable bonds is 3. The van der Waals surface area contributed by atoms with Gasteiger partial charge in [-0.05, 0) is 18.4 Å². The predicted octanol–water partition coefficient (Wildman–Crippen LogP) is 1.90. The van der Waals surface area contributed by atoms with E-state index in [0.29, 0.717) is 0 Å². The summed E-state index contributed by atoms with van der Waals surface area (Å²) in [5.41, 5.74) is 0.739. The second kappa shape index (κ2) is 5.37. The van der Waals surface area contributed by atoms with Crippen molar-refractivity contribution in [1.29, 1.82) is 0 Å². The van der Waals surface area contributed by atoms with Crippen LogP contribution in [0.2, 0.25) is 0 Å². The SMILES string of the molecule is O=C1C2CCCCC2C(=O)N1CC(O)c1ccccc1. The average molecular weight is 273 g/mol. The first-order valence-electron chi connectivity index (χ1n) is 7.26. The molecule has 0 radical (unpaired) electrons. The molecule has 0 bridgehead atoms. The molecule has 20 heavy (non-hydrogen) atoms. The van der Waals surface area contributed by atoms with Crippen LogP contribution in [-0.2, 0) is 9.59 Å². The number of hydrogen-bond acceptors (Lipinski definition) is 3. The van der Waals surface area contributed by atoms with Crippen molar-refractivity contribution < 1.29 is 14.7 Å². The Hall–Kier alpha value is -1.68. The Kier molecular flexibility index (Phi) is 3.57. The van der Waals surface area contributed by atoms with E-state index in [-0.39, 0.29) is 30.2 Å². The monoisotopic (exact) mass is 273 g/mol. The average Bonchev–Trinajstić information content (AvgIpc) is 2.74. The predicted molar refractivity (Wildman–Crippen MR) is 73.6 cm³/mol. The van der Waals surface area contributed by atoms with E-state index in [1.165, 1.54) is 4.90 Å². The number of aliphatic hydroxyl groups is 1. The molecule has 2 fully saturated rings. The molecule has 3 unspecified atom stereocenters. The van der Waals surface area contributed by atoms with Crippen molar-refractivity contribution in [3.8, 4) is 0 Å². The fourth-order valence-electron chi connectivity index (χ4n) is 3.36. The van der Waals surface area contributed by atoms with E-state index in [1.54, 1.807) is 0 Å². The molecule has 3 atom stereocenters. The summed E-state index contributed by atoms with van der Waals surface area (Å²) in [5.74, 6) is -0.456. The summed E-state index contributed by atoms with van der Waals surface area (Å²) < 4.78 is 0. The Morgan fingerprint density at radius 2 is 1.60 bits per heavy atom. The maximum Gasteiger partial charge on any atom is 0.233 e. The lowest BCUT2D eigenvalue weighted by Crippen LogP contribution is -2.35. The van der Waals surface area contributed by atoms with Crippen molar-refractivity contribution in [2.45, 2.75) is 31.8 Å². The van der Waals surface area contributed by atoms with Crippen molar-refractivity contribution in [3.63, 3.8) is 0 Å². The fourth-order valence-corrected chi connectivity index (χ4v) is 3.36. The van der Waals surface area contributed by atoms with Gasteiger partial charge in [0.1, 0.15) is 0 Å². The van der Waals surface area contributed by atoms with Crippen molar-refractivity contribution in [2.24, 2.45) is 11.8 Å². The number of carbonyl (C=O) groups is 2. The highest BCUT2D eigenvalue weighted by Crippen LogP contribution is 2.38. The Morgan fingerprint density at radius 3 is 2.15 bits per heavy atom. The summed E-state index contributed by atoms with van der Waals surface area (Å²) in [6.07, 6.45) is 2.87. The minimum Gasteiger partial charge on any atom is -0.387 e. The number of nitrogens with zero attached hydrogens (tertiary/aromatic N) is 1. The minimum atomic E-state index is -0.802. The third kappa shape index (κ3) is 2.24. The molecule has 1 aliphatic carbocycles. The molecular weight excluding hydrogens is 254 g/mol. The highest BCUT2D eigenvalue weighted by atomic mass is 16.3. The van der Waals surface area contributed by atoms with Crippen LogP contribution < -0.4 is 0 Å². The lowest BCUT2D eigenvalue weighted by atomic mass is 9.81. The third-order valence-corrected chi connectivity index (χ3v) is 4.47. The highest BCUT2D eigenvalue weighted by molar-refractivity contribution is 6.05. The first kappa shape index (κ1) is 13.3. The van der Waals surface area contributed by atoms with Gasteiger partial charge in [-0.2, -0.15) is 0 Å². The quantitative estimate of drug-likeness (QED) is 0.856. The Bertz CT molecular complexity index is 490. The number of likely N-dealkylation sites (tertiary alicyclic amines) is 1. The third-order valence-electron chi connectivity index (χ3n) is 4.47. The second-order valence-electron chi connectivity index (χ2n) is 5.71. The normalized spacial score (nSPS) is 27.6. The molecule has 2 amide bonds. The fraction of sp³-hybridized carbons (Fsp3) is 0.500. The van der Waals surface area contributed by atoms with Gasteiger partial charge in [-0.25, -0.2) is 0 Å². The van der Waals surface area contributed by atoms with Crippen LogP contribution >= 0.6 is 0 Å². The Labute approximate surface area is 118 Å². The van der Waals surface area contributed by atoms with Gasteiger partial charge in [0.15, 0.2) is 0 Å². The summed E-state index contributed by atoms with van der Waals surface area (Å²) >= 11 is 0. The maximum atomic E-state index is 12.3. The molecule has 3 rings (SSSR count). The summed E-state index contributed by atoms with van der Waals surface area (Å²) in [6.45, 7) is 0.0781. The van der Waals surface area contributed by atoms with Gasteiger partial charge in [-0.15, -0.1) is 0 Å². The number of β-amino-alcohol motifs (C(OH)–C–C–N with tert-alkyl or cyclic N) is 1. The molecule has 1 aromatic carbocycles. The van der Waals surface area contributed by atoms with Crippen molar-refractivity contribution in [3.05, 3.63) is 35.9 Å². The number of fused-ring (bicyclic) bond motifs is 1. The van der Waals surface area contributed by atoms with Crippen LogP contribution in [0.4, 0.5) is 0 Å². The van der Waals surface area contributed by atoms with E-state index < -0.39 is 6.10 Å². The first-order chi connectivity index (χ1) is 9.68. The number of hydrogen-bond donors (Lipinski definition) is 1. The molecule has 0 spiro atoms. The minimum absolute atomic E-state index is 0.0781. The standard InChI is InChI=1S/C16H19NO3/c18-14(11-6-2-1-3-7-11)10-17-15(19)12-8-4-5-9-13(12)16(17)20/h1-3,6-7,12-14,18H,4-5,8-10H2. The van der Waals surface area contributed by atoms with E-state index >= 15 is 0 Å². The van der Waals surface area contributed by atoms with Crippen molar-refractivity contribution in [1.82, 2.24) is 4.90 Å². The molecule has 1 saturated carbocycles. The van der Waals surface area contributed by atoms with Gasteiger partial charge in [-0.1, -0.05) is 43.2 Å². The lowest BCUT2D eigenvalue weighted by Gasteiger charge is -2.19. The second-order valence-corrected chi connectivity index (χ2v) is 5.71. The van der Waals surface area contributed by atoms with Crippen LogP contribution in [0, 0.1) is 11.8 Å².